The van der Waals surface area contributed by atoms with E-state index in [1.54, 1.807) is 34.8 Å². The molecule has 2 heterocycles. The molecule has 0 aliphatic carbocycles. The molecule has 6 heteroatoms. The first-order chi connectivity index (χ1) is 11.6. The molecule has 0 fully saturated rings. The maximum Gasteiger partial charge on any atom is 0.224 e. The van der Waals surface area contributed by atoms with E-state index >= 15 is 0 Å². The third-order valence-electron chi connectivity index (χ3n) is 3.50. The molecule has 0 atom stereocenters. The minimum absolute atomic E-state index is 0.0477. The second kappa shape index (κ2) is 7.68. The van der Waals surface area contributed by atoms with E-state index in [-0.39, 0.29) is 18.1 Å². The van der Waals surface area contributed by atoms with Crippen molar-refractivity contribution in [1.82, 2.24) is 10.3 Å². The Labute approximate surface area is 148 Å². The van der Waals surface area contributed by atoms with Gasteiger partial charge in [0, 0.05) is 16.8 Å². The van der Waals surface area contributed by atoms with Crippen molar-refractivity contribution in [2.24, 2.45) is 0 Å². The number of aromatic nitrogens is 1. The highest BCUT2D eigenvalue weighted by molar-refractivity contribution is 7.16. The van der Waals surface area contributed by atoms with E-state index in [2.05, 4.69) is 27.8 Å². The number of hydrogen-bond donors (Lipinski definition) is 1. The van der Waals surface area contributed by atoms with Crippen molar-refractivity contribution in [3.63, 3.8) is 0 Å². The van der Waals surface area contributed by atoms with Crippen LogP contribution in [0.3, 0.4) is 0 Å². The van der Waals surface area contributed by atoms with Crippen LogP contribution in [0.4, 0.5) is 4.39 Å². The minimum Gasteiger partial charge on any atom is -0.355 e. The Kier molecular flexibility index (Phi) is 5.37. The number of benzene rings is 1. The molecule has 3 rings (SSSR count). The minimum atomic E-state index is -0.289. The first-order valence-corrected chi connectivity index (χ1v) is 9.32. The summed E-state index contributed by atoms with van der Waals surface area (Å²) in [6.45, 7) is 2.59. The quantitative estimate of drug-likeness (QED) is 0.715. The van der Waals surface area contributed by atoms with Crippen molar-refractivity contribution in [2.45, 2.75) is 19.8 Å². The van der Waals surface area contributed by atoms with Gasteiger partial charge in [0.1, 0.15) is 5.82 Å². The number of halogens is 1. The summed E-state index contributed by atoms with van der Waals surface area (Å²) in [6.07, 6.45) is 1.07. The Morgan fingerprint density at radius 2 is 2.00 bits per heavy atom. The molecule has 0 saturated carbocycles. The monoisotopic (exact) mass is 360 g/mol. The van der Waals surface area contributed by atoms with E-state index in [9.17, 15) is 9.18 Å². The largest absolute Gasteiger partial charge is 0.355 e. The van der Waals surface area contributed by atoms with E-state index in [0.29, 0.717) is 6.54 Å². The smallest absolute Gasteiger partial charge is 0.224 e. The van der Waals surface area contributed by atoms with Crippen molar-refractivity contribution in [1.29, 1.82) is 0 Å². The highest BCUT2D eigenvalue weighted by atomic mass is 32.1. The van der Waals surface area contributed by atoms with Gasteiger partial charge in [-0.1, -0.05) is 12.1 Å². The highest BCUT2D eigenvalue weighted by Gasteiger charge is 2.07. The predicted molar refractivity (Wildman–Crippen MR) is 97.0 cm³/mol. The molecular formula is C18H17FN2OS2. The molecule has 1 N–H and O–H groups in total. The average Bonchev–Trinajstić information content (AvgIpc) is 3.18. The van der Waals surface area contributed by atoms with Gasteiger partial charge in [-0.15, -0.1) is 22.7 Å². The van der Waals surface area contributed by atoms with Crippen LogP contribution in [-0.2, 0) is 17.6 Å². The van der Waals surface area contributed by atoms with Crippen LogP contribution in [0.25, 0.3) is 10.6 Å². The van der Waals surface area contributed by atoms with Crippen LogP contribution in [0.5, 0.6) is 0 Å². The average molecular weight is 360 g/mol. The zero-order valence-corrected chi connectivity index (χ0v) is 14.8. The topological polar surface area (TPSA) is 42.0 Å². The summed E-state index contributed by atoms with van der Waals surface area (Å²) < 4.78 is 12.8. The number of amides is 1. The Hall–Kier alpha value is -2.05. The van der Waals surface area contributed by atoms with Crippen molar-refractivity contribution in [2.75, 3.05) is 6.54 Å². The SMILES string of the molecule is Cc1nc(-c2ccc(CCNC(=O)Cc3ccc(F)cc3)s2)cs1. The standard InChI is InChI=1S/C18H17FN2OS2/c1-12-21-16(11-23-12)17-7-6-15(24-17)8-9-20-18(22)10-13-2-4-14(19)5-3-13/h2-7,11H,8-10H2,1H3,(H,20,22). The van der Waals surface area contributed by atoms with Crippen molar-refractivity contribution in [3.05, 3.63) is 63.0 Å². The summed E-state index contributed by atoms with van der Waals surface area (Å²) in [5.74, 6) is -0.337. The van der Waals surface area contributed by atoms with Gasteiger partial charge in [-0.2, -0.15) is 0 Å². The Balaban J connectivity index is 1.47. The van der Waals surface area contributed by atoms with Crippen LogP contribution in [0.2, 0.25) is 0 Å². The number of nitrogens with one attached hydrogen (secondary N) is 1. The molecule has 124 valence electrons. The van der Waals surface area contributed by atoms with Crippen molar-refractivity contribution < 1.29 is 9.18 Å². The number of carbonyl (C=O) groups is 1. The number of hydrogen-bond acceptors (Lipinski definition) is 4. The number of thiophene rings is 1. The molecule has 0 radical (unpaired) electrons. The van der Waals surface area contributed by atoms with E-state index in [1.165, 1.54) is 17.0 Å². The zero-order valence-electron chi connectivity index (χ0n) is 13.2. The summed E-state index contributed by atoms with van der Waals surface area (Å²) in [5.41, 5.74) is 1.83. The number of nitrogens with zero attached hydrogens (tertiary/aromatic N) is 1. The fourth-order valence-corrected chi connectivity index (χ4v) is 3.96. The second-order valence-electron chi connectivity index (χ2n) is 5.42. The molecule has 0 saturated heterocycles. The first-order valence-electron chi connectivity index (χ1n) is 7.62. The summed E-state index contributed by atoms with van der Waals surface area (Å²) in [6, 6.07) is 10.2. The van der Waals surface area contributed by atoms with E-state index in [0.717, 1.165) is 27.6 Å². The van der Waals surface area contributed by atoms with Gasteiger partial charge in [-0.25, -0.2) is 9.37 Å². The van der Waals surface area contributed by atoms with Crippen LogP contribution >= 0.6 is 22.7 Å². The molecule has 2 aromatic heterocycles. The summed E-state index contributed by atoms with van der Waals surface area (Å²) in [4.78, 5) is 18.8. The molecule has 1 amide bonds. The van der Waals surface area contributed by atoms with Gasteiger partial charge in [-0.05, 0) is 43.2 Å². The number of rotatable bonds is 6. The van der Waals surface area contributed by atoms with Crippen LogP contribution < -0.4 is 5.32 Å². The van der Waals surface area contributed by atoms with Crippen LogP contribution in [0.15, 0.2) is 41.8 Å². The third-order valence-corrected chi connectivity index (χ3v) is 5.45. The molecule has 3 nitrogen and oxygen atoms in total. The maximum atomic E-state index is 12.8. The van der Waals surface area contributed by atoms with Gasteiger partial charge in [0.25, 0.3) is 0 Å². The molecule has 24 heavy (non-hydrogen) atoms. The van der Waals surface area contributed by atoms with Crippen molar-refractivity contribution in [3.8, 4) is 10.6 Å². The molecule has 0 aliphatic heterocycles. The van der Waals surface area contributed by atoms with Gasteiger partial charge in [0.2, 0.25) is 5.91 Å². The lowest BCUT2D eigenvalue weighted by Gasteiger charge is -2.04. The number of carbonyl (C=O) groups excluding carboxylic acids is 1. The molecule has 0 spiro atoms. The summed E-state index contributed by atoms with van der Waals surface area (Å²) >= 11 is 3.35. The maximum absolute atomic E-state index is 12.8. The molecule has 1 aromatic carbocycles. The second-order valence-corrected chi connectivity index (χ2v) is 7.65. The van der Waals surface area contributed by atoms with Gasteiger partial charge >= 0.3 is 0 Å². The first kappa shape index (κ1) is 16.8. The summed E-state index contributed by atoms with van der Waals surface area (Å²) in [5, 5.41) is 6.04. The molecule has 0 unspecified atom stereocenters. The lowest BCUT2D eigenvalue weighted by Crippen LogP contribution is -2.27. The molecule has 0 aliphatic rings. The number of thiazole rings is 1. The van der Waals surface area contributed by atoms with Crippen LogP contribution in [0.1, 0.15) is 15.4 Å². The van der Waals surface area contributed by atoms with Crippen molar-refractivity contribution >= 4 is 28.6 Å². The molecule has 0 bridgehead atoms. The zero-order chi connectivity index (χ0) is 16.9. The highest BCUT2D eigenvalue weighted by Crippen LogP contribution is 2.29. The summed E-state index contributed by atoms with van der Waals surface area (Å²) in [7, 11) is 0. The van der Waals surface area contributed by atoms with Gasteiger partial charge in [0.15, 0.2) is 0 Å². The predicted octanol–water partition coefficient (Wildman–Crippen LogP) is 4.22. The van der Waals surface area contributed by atoms with E-state index in [4.69, 9.17) is 0 Å². The molecule has 3 aromatic rings. The van der Waals surface area contributed by atoms with E-state index in [1.807, 2.05) is 6.92 Å². The van der Waals surface area contributed by atoms with Gasteiger partial charge in [-0.3, -0.25) is 4.79 Å². The number of aryl methyl sites for hydroxylation is 1. The molecular weight excluding hydrogens is 343 g/mol. The Morgan fingerprint density at radius 3 is 2.71 bits per heavy atom. The lowest BCUT2D eigenvalue weighted by molar-refractivity contribution is -0.120. The normalized spacial score (nSPS) is 10.8. The lowest BCUT2D eigenvalue weighted by atomic mass is 10.1. The van der Waals surface area contributed by atoms with E-state index < -0.39 is 0 Å². The Morgan fingerprint density at radius 1 is 1.21 bits per heavy atom. The van der Waals surface area contributed by atoms with Gasteiger partial charge < -0.3 is 5.32 Å². The van der Waals surface area contributed by atoms with Gasteiger partial charge in [0.05, 0.1) is 22.0 Å². The fraction of sp³-hybridized carbons (Fsp3) is 0.222. The Bertz CT molecular complexity index is 824. The fourth-order valence-electron chi connectivity index (χ4n) is 2.30. The van der Waals surface area contributed by atoms with Crippen LogP contribution in [0, 0.1) is 12.7 Å². The van der Waals surface area contributed by atoms with Crippen LogP contribution in [-0.4, -0.2) is 17.4 Å². The third kappa shape index (κ3) is 4.49.